The van der Waals surface area contributed by atoms with Crippen molar-refractivity contribution >= 4 is 11.9 Å². The van der Waals surface area contributed by atoms with E-state index in [0.29, 0.717) is 6.42 Å². The van der Waals surface area contributed by atoms with Crippen LogP contribution in [0.25, 0.3) is 0 Å². The van der Waals surface area contributed by atoms with Crippen LogP contribution in [0.2, 0.25) is 0 Å². The first-order valence-electron chi connectivity index (χ1n) is 9.57. The molecule has 5 nitrogen and oxygen atoms in total. The number of unbranched alkanes of at least 4 members (excludes halogenated alkanes) is 8. The standard InChI is InChI=1S/C19H36O5/c1-3-5-6-7-8-9-10-11-12-15-19(23,18(22)24-4-2)16-13-14-17(20)21/h23H,3-16H2,1-2H3,(H,20,21). The fraction of sp³-hybridized carbons (Fsp3) is 0.895. The molecule has 0 aliphatic carbocycles. The van der Waals surface area contributed by atoms with Gasteiger partial charge in [-0.05, 0) is 32.6 Å². The third kappa shape index (κ3) is 11.4. The van der Waals surface area contributed by atoms with Gasteiger partial charge in [0, 0.05) is 6.42 Å². The molecule has 0 rings (SSSR count). The molecule has 0 saturated carbocycles. The number of esters is 1. The molecule has 142 valence electrons. The van der Waals surface area contributed by atoms with Gasteiger partial charge in [0.1, 0.15) is 0 Å². The molecule has 2 N–H and O–H groups in total. The van der Waals surface area contributed by atoms with E-state index in [2.05, 4.69) is 6.92 Å². The summed E-state index contributed by atoms with van der Waals surface area (Å²) in [7, 11) is 0. The summed E-state index contributed by atoms with van der Waals surface area (Å²) < 4.78 is 4.96. The summed E-state index contributed by atoms with van der Waals surface area (Å²) in [5.74, 6) is -1.53. The van der Waals surface area contributed by atoms with Crippen molar-refractivity contribution in [3.05, 3.63) is 0 Å². The molecule has 1 atom stereocenters. The molecule has 1 unspecified atom stereocenters. The number of carbonyl (C=O) groups is 2. The van der Waals surface area contributed by atoms with Crippen LogP contribution >= 0.6 is 0 Å². The average molecular weight is 344 g/mol. The van der Waals surface area contributed by atoms with Crippen molar-refractivity contribution in [2.24, 2.45) is 0 Å². The van der Waals surface area contributed by atoms with E-state index in [0.717, 1.165) is 19.3 Å². The van der Waals surface area contributed by atoms with Crippen LogP contribution in [0.15, 0.2) is 0 Å². The van der Waals surface area contributed by atoms with Crippen molar-refractivity contribution in [3.63, 3.8) is 0 Å². The molecule has 0 heterocycles. The second-order valence-electron chi connectivity index (χ2n) is 6.58. The van der Waals surface area contributed by atoms with E-state index in [1.807, 2.05) is 0 Å². The highest BCUT2D eigenvalue weighted by Gasteiger charge is 2.36. The molecule has 0 fully saturated rings. The van der Waals surface area contributed by atoms with Crippen LogP contribution in [0.3, 0.4) is 0 Å². The lowest BCUT2D eigenvalue weighted by Gasteiger charge is -2.25. The molecule has 0 spiro atoms. The average Bonchev–Trinajstić information content (AvgIpc) is 2.53. The number of aliphatic hydroxyl groups is 1. The normalized spacial score (nSPS) is 13.5. The highest BCUT2D eigenvalue weighted by molar-refractivity contribution is 5.79. The maximum Gasteiger partial charge on any atom is 0.338 e. The van der Waals surface area contributed by atoms with Gasteiger partial charge in [-0.3, -0.25) is 4.79 Å². The molecule has 0 saturated heterocycles. The second kappa shape index (κ2) is 14.3. The SMILES string of the molecule is CCCCCCCCCCCC(O)(CCCC(=O)O)C(=O)OCC. The minimum absolute atomic E-state index is 0.0422. The van der Waals surface area contributed by atoms with Gasteiger partial charge in [0.25, 0.3) is 0 Å². The topological polar surface area (TPSA) is 83.8 Å². The molecule has 0 amide bonds. The molecule has 0 aromatic carbocycles. The van der Waals surface area contributed by atoms with E-state index in [1.54, 1.807) is 6.92 Å². The Morgan fingerprint density at radius 1 is 0.833 bits per heavy atom. The van der Waals surface area contributed by atoms with Gasteiger partial charge in [0.15, 0.2) is 5.60 Å². The molecule has 0 aliphatic rings. The van der Waals surface area contributed by atoms with Crippen LogP contribution < -0.4 is 0 Å². The molecular weight excluding hydrogens is 308 g/mol. The maximum absolute atomic E-state index is 12.0. The van der Waals surface area contributed by atoms with E-state index in [1.165, 1.54) is 38.5 Å². The van der Waals surface area contributed by atoms with Gasteiger partial charge in [0.2, 0.25) is 0 Å². The number of aliphatic carboxylic acids is 1. The van der Waals surface area contributed by atoms with Crippen molar-refractivity contribution in [2.75, 3.05) is 6.61 Å². The quantitative estimate of drug-likeness (QED) is 0.319. The summed E-state index contributed by atoms with van der Waals surface area (Å²) in [5.41, 5.74) is -1.54. The van der Waals surface area contributed by atoms with Crippen molar-refractivity contribution in [1.29, 1.82) is 0 Å². The van der Waals surface area contributed by atoms with Gasteiger partial charge in [-0.1, -0.05) is 58.3 Å². The number of hydrogen-bond donors (Lipinski definition) is 2. The maximum atomic E-state index is 12.0. The Bertz CT molecular complexity index is 343. The predicted molar refractivity (Wildman–Crippen MR) is 94.9 cm³/mol. The van der Waals surface area contributed by atoms with Crippen LogP contribution in [-0.4, -0.2) is 34.4 Å². The van der Waals surface area contributed by atoms with Gasteiger partial charge >= 0.3 is 11.9 Å². The van der Waals surface area contributed by atoms with Crippen LogP contribution in [0, 0.1) is 0 Å². The Labute approximate surface area is 146 Å². The summed E-state index contributed by atoms with van der Waals surface area (Å²) in [6, 6.07) is 0. The fourth-order valence-electron chi connectivity index (χ4n) is 2.85. The number of carboxylic acids is 1. The summed E-state index contributed by atoms with van der Waals surface area (Å²) >= 11 is 0. The summed E-state index contributed by atoms with van der Waals surface area (Å²) in [6.45, 7) is 4.13. The smallest absolute Gasteiger partial charge is 0.338 e. The molecule has 0 radical (unpaired) electrons. The number of carbonyl (C=O) groups excluding carboxylic acids is 1. The van der Waals surface area contributed by atoms with Crippen LogP contribution in [-0.2, 0) is 14.3 Å². The van der Waals surface area contributed by atoms with Gasteiger partial charge in [-0.2, -0.15) is 0 Å². The Kier molecular flexibility index (Phi) is 13.6. The summed E-state index contributed by atoms with van der Waals surface area (Å²) in [4.78, 5) is 22.6. The molecule has 24 heavy (non-hydrogen) atoms. The van der Waals surface area contributed by atoms with E-state index in [4.69, 9.17) is 9.84 Å². The zero-order chi connectivity index (χ0) is 18.3. The monoisotopic (exact) mass is 344 g/mol. The summed E-state index contributed by atoms with van der Waals surface area (Å²) in [5, 5.41) is 19.3. The van der Waals surface area contributed by atoms with Gasteiger partial charge in [0.05, 0.1) is 6.61 Å². The molecule has 0 aliphatic heterocycles. The van der Waals surface area contributed by atoms with Crippen molar-refractivity contribution in [3.8, 4) is 0 Å². The van der Waals surface area contributed by atoms with E-state index in [9.17, 15) is 14.7 Å². The number of rotatable bonds is 16. The molecule has 0 bridgehead atoms. The molecular formula is C19H36O5. The zero-order valence-electron chi connectivity index (χ0n) is 15.5. The van der Waals surface area contributed by atoms with E-state index in [-0.39, 0.29) is 25.9 Å². The first kappa shape index (κ1) is 22.9. The van der Waals surface area contributed by atoms with E-state index < -0.39 is 17.5 Å². The Balaban J connectivity index is 4.03. The Hall–Kier alpha value is -1.10. The minimum atomic E-state index is -1.54. The lowest BCUT2D eigenvalue weighted by Crippen LogP contribution is -2.40. The number of carboxylic acid groups (broad SMARTS) is 1. The second-order valence-corrected chi connectivity index (χ2v) is 6.58. The lowest BCUT2D eigenvalue weighted by molar-refractivity contribution is -0.167. The van der Waals surface area contributed by atoms with Crippen molar-refractivity contribution in [2.45, 2.75) is 103 Å². The first-order chi connectivity index (χ1) is 11.5. The highest BCUT2D eigenvalue weighted by Crippen LogP contribution is 2.24. The predicted octanol–water partition coefficient (Wildman–Crippen LogP) is 4.46. The highest BCUT2D eigenvalue weighted by atomic mass is 16.5. The van der Waals surface area contributed by atoms with Crippen molar-refractivity contribution in [1.82, 2.24) is 0 Å². The van der Waals surface area contributed by atoms with Crippen LogP contribution in [0.5, 0.6) is 0 Å². The third-order valence-electron chi connectivity index (χ3n) is 4.33. The fourth-order valence-corrected chi connectivity index (χ4v) is 2.85. The van der Waals surface area contributed by atoms with E-state index >= 15 is 0 Å². The van der Waals surface area contributed by atoms with Gasteiger partial charge in [-0.25, -0.2) is 4.79 Å². The molecule has 0 aromatic heterocycles. The molecule has 0 aromatic rings. The largest absolute Gasteiger partial charge is 0.481 e. The van der Waals surface area contributed by atoms with Gasteiger partial charge < -0.3 is 14.9 Å². The van der Waals surface area contributed by atoms with Crippen LogP contribution in [0.1, 0.15) is 97.3 Å². The molecule has 5 heteroatoms. The first-order valence-corrected chi connectivity index (χ1v) is 9.57. The number of ether oxygens (including phenoxy) is 1. The van der Waals surface area contributed by atoms with Gasteiger partial charge in [-0.15, -0.1) is 0 Å². The lowest BCUT2D eigenvalue weighted by atomic mass is 9.90. The van der Waals surface area contributed by atoms with Crippen LogP contribution in [0.4, 0.5) is 0 Å². The Morgan fingerprint density at radius 3 is 1.83 bits per heavy atom. The summed E-state index contributed by atoms with van der Waals surface area (Å²) in [6.07, 6.45) is 11.2. The Morgan fingerprint density at radius 2 is 1.33 bits per heavy atom. The third-order valence-corrected chi connectivity index (χ3v) is 4.33. The zero-order valence-corrected chi connectivity index (χ0v) is 15.5. The minimum Gasteiger partial charge on any atom is -0.481 e. The number of hydrogen-bond acceptors (Lipinski definition) is 4. The van der Waals surface area contributed by atoms with Crippen molar-refractivity contribution < 1.29 is 24.5 Å².